The molecule has 16 nitrogen and oxygen atoms in total. The largest absolute Gasteiger partial charge is 0.458 e. The zero-order chi connectivity index (χ0) is 49.4. The first-order valence-corrected chi connectivity index (χ1v) is 27.1. The molecule has 0 unspecified atom stereocenters. The Balaban J connectivity index is 3.32. The molecule has 0 bridgehead atoms. The van der Waals surface area contributed by atoms with Crippen molar-refractivity contribution in [2.75, 3.05) is 27.0 Å². The SMILES string of the molecule is CC(C)C[C@H](NC(=O)[C@@H](OC(=O)C[C@H](C)[C@H](C)C(C)C)C(C)C)C(=O)N1CCC[C@H]1C(=O)N(C)[C@@H](CC(C)C)C(=O)O[C@H](C)[C@H](NC(=O)OC(C)(C)C)C(=O)OCOCC[Si](C)(C)C. The van der Waals surface area contributed by atoms with Gasteiger partial charge in [0.25, 0.3) is 5.91 Å². The number of nitrogens with zero attached hydrogens (tertiary/aromatic N) is 2. The number of amides is 4. The summed E-state index contributed by atoms with van der Waals surface area (Å²) in [4.78, 5) is 98.7. The normalized spacial score (nSPS) is 17.8. The number of likely N-dealkylation sites (N-methyl/N-ethyl adjacent to an activating group) is 1. The lowest BCUT2D eigenvalue weighted by molar-refractivity contribution is -0.169. The standard InChI is InChI=1S/C47H86N4O12Si/c1-28(2)24-35(48-41(53)40(31(7)8)62-38(52)26-32(9)33(10)30(5)6)42(54)51-21-19-20-36(51)43(55)50(15)37(25-29(3)4)44(56)61-34(11)39(49-46(58)63-47(12,13)14)45(57)60-27-59-22-23-64(16,17)18/h28-37,39-40H,19-27H2,1-18H3,(H,48,53)(H,49,58)/t32-,33+,34+,35-,36-,37-,39-,40-/m0/s1. The first-order chi connectivity index (χ1) is 29.4. The van der Waals surface area contributed by atoms with E-state index < -0.39 is 91.8 Å². The number of rotatable bonds is 25. The average molecular weight is 927 g/mol. The number of esters is 3. The highest BCUT2D eigenvalue weighted by molar-refractivity contribution is 6.76. The van der Waals surface area contributed by atoms with Crippen LogP contribution >= 0.6 is 0 Å². The number of carbonyl (C=O) groups is 7. The molecule has 0 aliphatic carbocycles. The van der Waals surface area contributed by atoms with Gasteiger partial charge in [-0.2, -0.15) is 0 Å². The van der Waals surface area contributed by atoms with Crippen LogP contribution in [0.5, 0.6) is 0 Å². The van der Waals surface area contributed by atoms with E-state index in [4.69, 9.17) is 23.7 Å². The molecular weight excluding hydrogens is 841 g/mol. The molecule has 1 heterocycles. The van der Waals surface area contributed by atoms with E-state index in [0.29, 0.717) is 25.4 Å². The Morgan fingerprint density at radius 3 is 1.91 bits per heavy atom. The number of carbonyl (C=O) groups excluding carboxylic acids is 7. The van der Waals surface area contributed by atoms with E-state index in [1.54, 1.807) is 34.6 Å². The summed E-state index contributed by atoms with van der Waals surface area (Å²) in [5.41, 5.74) is -0.893. The molecule has 0 saturated carbocycles. The summed E-state index contributed by atoms with van der Waals surface area (Å²) >= 11 is 0. The van der Waals surface area contributed by atoms with Gasteiger partial charge in [0, 0.05) is 34.7 Å². The maximum atomic E-state index is 14.4. The molecule has 1 aliphatic heterocycles. The molecule has 1 rings (SSSR count). The van der Waals surface area contributed by atoms with Gasteiger partial charge in [0.2, 0.25) is 11.8 Å². The number of nitrogens with one attached hydrogen (secondary N) is 2. The van der Waals surface area contributed by atoms with Crippen molar-refractivity contribution >= 4 is 49.8 Å². The van der Waals surface area contributed by atoms with E-state index in [1.165, 1.54) is 23.8 Å². The number of ether oxygens (including phenoxy) is 5. The van der Waals surface area contributed by atoms with E-state index in [0.717, 1.165) is 6.04 Å². The van der Waals surface area contributed by atoms with Crippen LogP contribution in [0, 0.1) is 35.5 Å². The van der Waals surface area contributed by atoms with Gasteiger partial charge in [0.1, 0.15) is 29.8 Å². The Labute approximate surface area is 385 Å². The van der Waals surface area contributed by atoms with Crippen LogP contribution in [0.1, 0.15) is 129 Å². The Kier molecular flexibility index (Phi) is 24.1. The fourth-order valence-corrected chi connectivity index (χ4v) is 7.99. The monoisotopic (exact) mass is 927 g/mol. The third kappa shape index (κ3) is 20.6. The number of hydrogen-bond donors (Lipinski definition) is 2. The highest BCUT2D eigenvalue weighted by atomic mass is 28.3. The smallest absolute Gasteiger partial charge is 0.408 e. The van der Waals surface area contributed by atoms with Gasteiger partial charge in [0.15, 0.2) is 18.9 Å². The van der Waals surface area contributed by atoms with Crippen molar-refractivity contribution in [1.29, 1.82) is 0 Å². The third-order valence-electron chi connectivity index (χ3n) is 11.5. The molecule has 4 amide bonds. The molecule has 1 saturated heterocycles. The molecule has 1 aliphatic rings. The van der Waals surface area contributed by atoms with Gasteiger partial charge < -0.3 is 44.1 Å². The molecule has 0 aromatic heterocycles. The second-order valence-electron chi connectivity index (χ2n) is 21.5. The van der Waals surface area contributed by atoms with Crippen LogP contribution < -0.4 is 10.6 Å². The van der Waals surface area contributed by atoms with Crippen molar-refractivity contribution in [3.05, 3.63) is 0 Å². The lowest BCUT2D eigenvalue weighted by atomic mass is 9.84. The van der Waals surface area contributed by atoms with Gasteiger partial charge in [-0.15, -0.1) is 0 Å². The lowest BCUT2D eigenvalue weighted by Gasteiger charge is -2.35. The van der Waals surface area contributed by atoms with Crippen LogP contribution in [0.3, 0.4) is 0 Å². The van der Waals surface area contributed by atoms with Crippen molar-refractivity contribution < 1.29 is 57.2 Å². The van der Waals surface area contributed by atoms with Crippen molar-refractivity contribution in [2.24, 2.45) is 35.5 Å². The summed E-state index contributed by atoms with van der Waals surface area (Å²) in [6, 6.07) is -3.71. The molecule has 0 aromatic rings. The summed E-state index contributed by atoms with van der Waals surface area (Å²) in [5, 5.41) is 5.34. The molecular formula is C47H86N4O12Si. The molecule has 370 valence electrons. The van der Waals surface area contributed by atoms with Crippen LogP contribution in [-0.2, 0) is 52.5 Å². The minimum atomic E-state index is -1.48. The van der Waals surface area contributed by atoms with Gasteiger partial charge >= 0.3 is 24.0 Å². The molecule has 8 atom stereocenters. The van der Waals surface area contributed by atoms with Gasteiger partial charge in [-0.1, -0.05) is 88.9 Å². The van der Waals surface area contributed by atoms with Gasteiger partial charge in [-0.05, 0) is 94.9 Å². The zero-order valence-corrected chi connectivity index (χ0v) is 43.6. The Morgan fingerprint density at radius 1 is 0.797 bits per heavy atom. The summed E-state index contributed by atoms with van der Waals surface area (Å²) in [7, 11) is 0.0681. The minimum absolute atomic E-state index is 0.0207. The molecule has 0 spiro atoms. The second kappa shape index (κ2) is 26.4. The van der Waals surface area contributed by atoms with Crippen LogP contribution in [0.15, 0.2) is 0 Å². The molecule has 2 N–H and O–H groups in total. The Bertz CT molecular complexity index is 1540. The molecule has 1 fully saturated rings. The predicted molar refractivity (Wildman–Crippen MR) is 248 cm³/mol. The molecule has 17 heteroatoms. The van der Waals surface area contributed by atoms with Crippen LogP contribution in [0.4, 0.5) is 4.79 Å². The third-order valence-corrected chi connectivity index (χ3v) is 13.2. The maximum absolute atomic E-state index is 14.4. The molecule has 64 heavy (non-hydrogen) atoms. The van der Waals surface area contributed by atoms with Gasteiger partial charge in [-0.3, -0.25) is 19.2 Å². The fraction of sp³-hybridized carbons (Fsp3) is 0.851. The predicted octanol–water partition coefficient (Wildman–Crippen LogP) is 6.95. The van der Waals surface area contributed by atoms with Crippen molar-refractivity contribution in [2.45, 2.75) is 197 Å². The number of alkyl carbamates (subject to hydrolysis) is 1. The van der Waals surface area contributed by atoms with E-state index in [9.17, 15) is 33.6 Å². The fourth-order valence-electron chi connectivity index (χ4n) is 7.23. The quantitative estimate of drug-likeness (QED) is 0.0315. The number of likely N-dealkylation sites (tertiary alicyclic amines) is 1. The van der Waals surface area contributed by atoms with Crippen molar-refractivity contribution in [3.63, 3.8) is 0 Å². The van der Waals surface area contributed by atoms with Crippen LogP contribution in [-0.4, -0.2) is 129 Å². The van der Waals surface area contributed by atoms with E-state index in [2.05, 4.69) is 51.0 Å². The van der Waals surface area contributed by atoms with Crippen molar-refractivity contribution in [3.8, 4) is 0 Å². The minimum Gasteiger partial charge on any atom is -0.458 e. The summed E-state index contributed by atoms with van der Waals surface area (Å²) < 4.78 is 27.8. The van der Waals surface area contributed by atoms with Gasteiger partial charge in [-0.25, -0.2) is 14.4 Å². The number of hydrogen-bond acceptors (Lipinski definition) is 12. The highest BCUT2D eigenvalue weighted by Gasteiger charge is 2.43. The van der Waals surface area contributed by atoms with Crippen LogP contribution in [0.2, 0.25) is 25.7 Å². The summed E-state index contributed by atoms with van der Waals surface area (Å²) in [6.07, 6.45) is -1.88. The van der Waals surface area contributed by atoms with Crippen LogP contribution in [0.25, 0.3) is 0 Å². The topological polar surface area (TPSA) is 196 Å². The molecule has 0 aromatic carbocycles. The van der Waals surface area contributed by atoms with E-state index >= 15 is 0 Å². The van der Waals surface area contributed by atoms with E-state index in [-0.39, 0.29) is 62.2 Å². The average Bonchev–Trinajstić information content (AvgIpc) is 3.64. The summed E-state index contributed by atoms with van der Waals surface area (Å²) in [6.45, 7) is 32.7. The summed E-state index contributed by atoms with van der Waals surface area (Å²) in [5.74, 6) is -3.54. The Hall–Kier alpha value is -3.73. The molecule has 0 radical (unpaired) electrons. The second-order valence-corrected chi connectivity index (χ2v) is 27.1. The highest BCUT2D eigenvalue weighted by Crippen LogP contribution is 2.26. The Morgan fingerprint density at radius 2 is 1.39 bits per heavy atom. The lowest BCUT2D eigenvalue weighted by Crippen LogP contribution is -2.57. The first kappa shape index (κ1) is 58.3. The van der Waals surface area contributed by atoms with Gasteiger partial charge in [0.05, 0.1) is 0 Å². The first-order valence-electron chi connectivity index (χ1n) is 23.4. The van der Waals surface area contributed by atoms with Crippen molar-refractivity contribution in [1.82, 2.24) is 20.4 Å². The zero-order valence-electron chi connectivity index (χ0n) is 42.6. The maximum Gasteiger partial charge on any atom is 0.408 e. The van der Waals surface area contributed by atoms with E-state index in [1.807, 2.05) is 34.6 Å².